The van der Waals surface area contributed by atoms with Gasteiger partial charge in [0.25, 0.3) is 0 Å². The maximum atomic E-state index is 11.9. The summed E-state index contributed by atoms with van der Waals surface area (Å²) in [6, 6.07) is 5.50. The highest BCUT2D eigenvalue weighted by atomic mass is 32.2. The summed E-state index contributed by atoms with van der Waals surface area (Å²) in [6.07, 6.45) is 1.23. The molecule has 0 fully saturated rings. The first kappa shape index (κ1) is 15.9. The number of nitrogens with one attached hydrogen (secondary N) is 1. The average Bonchev–Trinajstić information content (AvgIpc) is 2.36. The molecule has 7 nitrogen and oxygen atoms in total. The molecule has 116 valence electrons. The van der Waals surface area contributed by atoms with Crippen molar-refractivity contribution in [1.82, 2.24) is 0 Å². The van der Waals surface area contributed by atoms with Crippen molar-refractivity contribution < 1.29 is 22.7 Å². The number of carbonyl (C=O) groups excluding carboxylic acids is 2. The molecule has 3 N–H and O–H groups in total. The molecule has 22 heavy (non-hydrogen) atoms. The molecule has 0 radical (unpaired) electrons. The van der Waals surface area contributed by atoms with E-state index in [0.717, 1.165) is 0 Å². The summed E-state index contributed by atoms with van der Waals surface area (Å²) in [6.45, 7) is 5.17. The number of hydrogen-bond donors (Lipinski definition) is 2. The molecule has 1 heterocycles. The summed E-state index contributed by atoms with van der Waals surface area (Å²) in [7, 11) is -3.78. The zero-order chi connectivity index (χ0) is 16.5. The predicted molar refractivity (Wildman–Crippen MR) is 78.9 cm³/mol. The lowest BCUT2D eigenvalue weighted by Gasteiger charge is -2.21. The van der Waals surface area contributed by atoms with E-state index in [1.54, 1.807) is 0 Å². The first-order valence-electron chi connectivity index (χ1n) is 6.21. The van der Waals surface area contributed by atoms with Gasteiger partial charge in [-0.25, -0.2) is 13.6 Å². The SMILES string of the molecule is C=C(Nc1ccc(S(N)(=O)=O)cc1)[C@@H]1C(=O)C=C(C)OC1=O. The van der Waals surface area contributed by atoms with Crippen LogP contribution in [0.15, 0.2) is 53.3 Å². The van der Waals surface area contributed by atoms with Crippen molar-refractivity contribution in [3.63, 3.8) is 0 Å². The van der Waals surface area contributed by atoms with Crippen molar-refractivity contribution in [2.45, 2.75) is 11.8 Å². The molecule has 0 unspecified atom stereocenters. The average molecular weight is 322 g/mol. The first-order chi connectivity index (χ1) is 10.2. The number of allylic oxidation sites excluding steroid dienone is 2. The Morgan fingerprint density at radius 1 is 1.27 bits per heavy atom. The van der Waals surface area contributed by atoms with Crippen molar-refractivity contribution in [1.29, 1.82) is 0 Å². The van der Waals surface area contributed by atoms with Gasteiger partial charge in [0.05, 0.1) is 4.90 Å². The van der Waals surface area contributed by atoms with Crippen molar-refractivity contribution in [3.8, 4) is 0 Å². The van der Waals surface area contributed by atoms with E-state index in [1.165, 1.54) is 37.3 Å². The second-order valence-corrected chi connectivity index (χ2v) is 6.29. The Hall–Kier alpha value is -2.45. The lowest BCUT2D eigenvalue weighted by molar-refractivity contribution is -0.147. The van der Waals surface area contributed by atoms with Gasteiger partial charge in [0.1, 0.15) is 5.76 Å². The van der Waals surface area contributed by atoms with E-state index in [0.29, 0.717) is 5.69 Å². The summed E-state index contributed by atoms with van der Waals surface area (Å²) in [4.78, 5) is 23.6. The standard InChI is InChI=1S/C14H14N2O5S/c1-8-7-12(17)13(14(18)21-8)9(2)16-10-3-5-11(6-4-10)22(15,19)20/h3-7,13,16H,2H2,1H3,(H2,15,19,20)/t13-/m1/s1. The number of benzene rings is 1. The Morgan fingerprint density at radius 2 is 1.86 bits per heavy atom. The molecule has 0 bridgehead atoms. The van der Waals surface area contributed by atoms with E-state index in [9.17, 15) is 18.0 Å². The molecule has 1 aliphatic heterocycles. The topological polar surface area (TPSA) is 116 Å². The zero-order valence-electron chi connectivity index (χ0n) is 11.7. The van der Waals surface area contributed by atoms with Crippen molar-refractivity contribution in [2.75, 3.05) is 5.32 Å². The lowest BCUT2D eigenvalue weighted by atomic mass is 9.98. The molecular weight excluding hydrogens is 308 g/mol. The number of primary sulfonamides is 1. The number of rotatable bonds is 4. The monoisotopic (exact) mass is 322 g/mol. The van der Waals surface area contributed by atoms with Crippen LogP contribution in [0, 0.1) is 5.92 Å². The van der Waals surface area contributed by atoms with Crippen LogP contribution in [0.25, 0.3) is 0 Å². The van der Waals surface area contributed by atoms with Gasteiger partial charge in [0.15, 0.2) is 11.7 Å². The van der Waals surface area contributed by atoms with Crippen LogP contribution < -0.4 is 10.5 Å². The summed E-state index contributed by atoms with van der Waals surface area (Å²) in [5.74, 6) is -2.03. The van der Waals surface area contributed by atoms with Crippen molar-refractivity contribution in [3.05, 3.63) is 48.4 Å². The van der Waals surface area contributed by atoms with Gasteiger partial charge in [0, 0.05) is 17.5 Å². The fourth-order valence-electron chi connectivity index (χ4n) is 1.95. The second-order valence-electron chi connectivity index (χ2n) is 4.73. The van der Waals surface area contributed by atoms with Crippen LogP contribution in [0.1, 0.15) is 6.92 Å². The van der Waals surface area contributed by atoms with Crippen LogP contribution in [0.5, 0.6) is 0 Å². The number of cyclic esters (lactones) is 1. The highest BCUT2D eigenvalue weighted by molar-refractivity contribution is 7.89. The van der Waals surface area contributed by atoms with Crippen LogP contribution in [-0.4, -0.2) is 20.2 Å². The Kier molecular flexibility index (Phi) is 4.16. The fraction of sp³-hybridized carbons (Fsp3) is 0.143. The Morgan fingerprint density at radius 3 is 2.36 bits per heavy atom. The maximum Gasteiger partial charge on any atom is 0.327 e. The van der Waals surface area contributed by atoms with E-state index < -0.39 is 27.7 Å². The summed E-state index contributed by atoms with van der Waals surface area (Å²) >= 11 is 0. The molecule has 8 heteroatoms. The third-order valence-corrected chi connectivity index (χ3v) is 3.89. The molecule has 1 aromatic carbocycles. The van der Waals surface area contributed by atoms with E-state index in [4.69, 9.17) is 9.88 Å². The van der Waals surface area contributed by atoms with E-state index in [2.05, 4.69) is 11.9 Å². The van der Waals surface area contributed by atoms with Gasteiger partial charge in [-0.2, -0.15) is 0 Å². The third kappa shape index (κ3) is 3.41. The molecule has 0 saturated carbocycles. The van der Waals surface area contributed by atoms with E-state index in [1.807, 2.05) is 0 Å². The molecule has 0 aliphatic carbocycles. The molecule has 0 aromatic heterocycles. The molecule has 1 atom stereocenters. The summed E-state index contributed by atoms with van der Waals surface area (Å²) in [5, 5.41) is 7.78. The van der Waals surface area contributed by atoms with Crippen LogP contribution in [-0.2, 0) is 24.3 Å². The van der Waals surface area contributed by atoms with Gasteiger partial charge in [-0.3, -0.25) is 9.59 Å². The molecule has 0 amide bonds. The van der Waals surface area contributed by atoms with Crippen LogP contribution >= 0.6 is 0 Å². The largest absolute Gasteiger partial charge is 0.430 e. The van der Waals surface area contributed by atoms with Gasteiger partial charge in [0.2, 0.25) is 10.0 Å². The fourth-order valence-corrected chi connectivity index (χ4v) is 2.46. The molecule has 1 aliphatic rings. The Labute approximate surface area is 127 Å². The van der Waals surface area contributed by atoms with Gasteiger partial charge in [-0.15, -0.1) is 0 Å². The van der Waals surface area contributed by atoms with Crippen molar-refractivity contribution in [2.24, 2.45) is 11.1 Å². The highest BCUT2D eigenvalue weighted by Gasteiger charge is 2.33. The van der Waals surface area contributed by atoms with Gasteiger partial charge in [-0.1, -0.05) is 6.58 Å². The highest BCUT2D eigenvalue weighted by Crippen LogP contribution is 2.23. The van der Waals surface area contributed by atoms with Gasteiger partial charge >= 0.3 is 5.97 Å². The third-order valence-electron chi connectivity index (χ3n) is 2.96. The Balaban J connectivity index is 2.16. The smallest absolute Gasteiger partial charge is 0.327 e. The number of carbonyl (C=O) groups is 2. The van der Waals surface area contributed by atoms with Crippen LogP contribution in [0.2, 0.25) is 0 Å². The number of anilines is 1. The van der Waals surface area contributed by atoms with Crippen LogP contribution in [0.4, 0.5) is 5.69 Å². The normalized spacial score (nSPS) is 18.5. The number of hydrogen-bond acceptors (Lipinski definition) is 6. The summed E-state index contributed by atoms with van der Waals surface area (Å²) in [5.41, 5.74) is 0.603. The first-order valence-corrected chi connectivity index (χ1v) is 7.75. The van der Waals surface area contributed by atoms with Gasteiger partial charge in [-0.05, 0) is 31.2 Å². The van der Waals surface area contributed by atoms with E-state index in [-0.39, 0.29) is 16.4 Å². The van der Waals surface area contributed by atoms with E-state index >= 15 is 0 Å². The predicted octanol–water partition coefficient (Wildman–Crippen LogP) is 0.906. The molecule has 0 spiro atoms. The number of ketones is 1. The minimum absolute atomic E-state index is 0.0460. The minimum atomic E-state index is -3.78. The Bertz CT molecular complexity index is 778. The number of ether oxygens (including phenoxy) is 1. The molecule has 1 aromatic rings. The van der Waals surface area contributed by atoms with Gasteiger partial charge < -0.3 is 10.1 Å². The quantitative estimate of drug-likeness (QED) is 0.628. The molecular formula is C14H14N2O5S. The number of esters is 1. The maximum absolute atomic E-state index is 11.9. The number of sulfonamides is 1. The summed E-state index contributed by atoms with van der Waals surface area (Å²) < 4.78 is 27.2. The van der Waals surface area contributed by atoms with Crippen molar-refractivity contribution >= 4 is 27.5 Å². The molecule has 0 saturated heterocycles. The zero-order valence-corrected chi connectivity index (χ0v) is 12.5. The lowest BCUT2D eigenvalue weighted by Crippen LogP contribution is -2.32. The van der Waals surface area contributed by atoms with Crippen LogP contribution in [0.3, 0.4) is 0 Å². The second kappa shape index (κ2) is 5.74. The molecule has 2 rings (SSSR count). The minimum Gasteiger partial charge on any atom is -0.430 e. The number of nitrogens with two attached hydrogens (primary N) is 1.